The van der Waals surface area contributed by atoms with Gasteiger partial charge in [0.15, 0.2) is 0 Å². The molecule has 1 saturated carbocycles. The molecule has 88 valence electrons. The second-order valence-corrected chi connectivity index (χ2v) is 4.84. The summed E-state index contributed by atoms with van der Waals surface area (Å²) in [6, 6.07) is 3.89. The van der Waals surface area contributed by atoms with E-state index in [1.54, 1.807) is 6.26 Å². The van der Waals surface area contributed by atoms with Gasteiger partial charge < -0.3 is 9.52 Å². The maximum Gasteiger partial charge on any atom is 0.124 e. The van der Waals surface area contributed by atoms with Crippen molar-refractivity contribution in [3.63, 3.8) is 0 Å². The smallest absolute Gasteiger partial charge is 0.124 e. The molecule has 2 aliphatic rings. The van der Waals surface area contributed by atoms with Crippen molar-refractivity contribution in [2.75, 3.05) is 13.7 Å². The summed E-state index contributed by atoms with van der Waals surface area (Å²) >= 11 is 0. The molecule has 1 saturated heterocycles. The van der Waals surface area contributed by atoms with Gasteiger partial charge in [0.2, 0.25) is 0 Å². The fourth-order valence-corrected chi connectivity index (χ4v) is 3.34. The van der Waals surface area contributed by atoms with Crippen LogP contribution >= 0.6 is 0 Å². The van der Waals surface area contributed by atoms with E-state index < -0.39 is 0 Å². The molecule has 1 aromatic heterocycles. The van der Waals surface area contributed by atoms with Gasteiger partial charge in [0.05, 0.1) is 19.0 Å². The number of aliphatic hydroxyl groups is 1. The third-order valence-corrected chi connectivity index (χ3v) is 4.06. The van der Waals surface area contributed by atoms with Gasteiger partial charge in [-0.3, -0.25) is 4.84 Å². The average molecular weight is 223 g/mol. The molecule has 4 nitrogen and oxygen atoms in total. The van der Waals surface area contributed by atoms with E-state index in [9.17, 15) is 5.11 Å². The molecule has 0 unspecified atom stereocenters. The SMILES string of the molecule is CN1O[C@@H]2CCC[C@]2(CO)[C@@H]1c1ccco1. The molecule has 2 fully saturated rings. The highest BCUT2D eigenvalue weighted by atomic mass is 16.7. The van der Waals surface area contributed by atoms with Crippen LogP contribution < -0.4 is 0 Å². The number of nitrogens with zero attached hydrogens (tertiary/aromatic N) is 1. The lowest BCUT2D eigenvalue weighted by Gasteiger charge is -2.30. The first-order valence-electron chi connectivity index (χ1n) is 5.82. The summed E-state index contributed by atoms with van der Waals surface area (Å²) in [5.74, 6) is 0.890. The molecule has 1 aliphatic heterocycles. The quantitative estimate of drug-likeness (QED) is 0.829. The van der Waals surface area contributed by atoms with Crippen LogP contribution in [-0.4, -0.2) is 29.9 Å². The van der Waals surface area contributed by atoms with Gasteiger partial charge in [0.1, 0.15) is 11.8 Å². The third kappa shape index (κ3) is 1.21. The van der Waals surface area contributed by atoms with E-state index in [0.717, 1.165) is 25.0 Å². The maximum atomic E-state index is 9.77. The van der Waals surface area contributed by atoms with Crippen LogP contribution in [-0.2, 0) is 4.84 Å². The van der Waals surface area contributed by atoms with Crippen molar-refractivity contribution in [2.24, 2.45) is 5.41 Å². The van der Waals surface area contributed by atoms with Gasteiger partial charge >= 0.3 is 0 Å². The van der Waals surface area contributed by atoms with E-state index >= 15 is 0 Å². The Kier molecular flexibility index (Phi) is 2.31. The van der Waals surface area contributed by atoms with Crippen LogP contribution in [0, 0.1) is 5.41 Å². The Balaban J connectivity index is 2.01. The molecule has 16 heavy (non-hydrogen) atoms. The molecule has 2 heterocycles. The molecule has 3 atom stereocenters. The lowest BCUT2D eigenvalue weighted by Crippen LogP contribution is -2.35. The minimum atomic E-state index is -0.174. The minimum absolute atomic E-state index is 0.0417. The van der Waals surface area contributed by atoms with Crippen LogP contribution in [0.15, 0.2) is 22.8 Å². The molecule has 1 aromatic rings. The van der Waals surface area contributed by atoms with Crippen molar-refractivity contribution in [3.05, 3.63) is 24.2 Å². The summed E-state index contributed by atoms with van der Waals surface area (Å²) in [7, 11) is 1.92. The van der Waals surface area contributed by atoms with Gasteiger partial charge in [-0.25, -0.2) is 0 Å². The number of hydroxylamine groups is 2. The van der Waals surface area contributed by atoms with E-state index in [1.807, 2.05) is 24.2 Å². The van der Waals surface area contributed by atoms with E-state index in [-0.39, 0.29) is 24.2 Å². The lowest BCUT2D eigenvalue weighted by atomic mass is 9.77. The van der Waals surface area contributed by atoms with Crippen LogP contribution in [0.3, 0.4) is 0 Å². The standard InChI is InChI=1S/C12H17NO3/c1-13-11(9-4-3-7-15-9)12(8-14)6-2-5-10(12)16-13/h3-4,7,10-11,14H,2,5-6,8H2,1H3/t10-,11+,12-/m1/s1. The molecule has 1 N–H and O–H groups in total. The highest BCUT2D eigenvalue weighted by Gasteiger charge is 2.58. The summed E-state index contributed by atoms with van der Waals surface area (Å²) in [4.78, 5) is 5.83. The molecule has 0 radical (unpaired) electrons. The molecular formula is C12H17NO3. The number of aliphatic hydroxyl groups excluding tert-OH is 1. The Hall–Kier alpha value is -0.840. The number of hydrogen-bond acceptors (Lipinski definition) is 4. The molecule has 0 spiro atoms. The first-order chi connectivity index (χ1) is 7.78. The van der Waals surface area contributed by atoms with Crippen molar-refractivity contribution in [1.82, 2.24) is 5.06 Å². The van der Waals surface area contributed by atoms with E-state index in [4.69, 9.17) is 9.25 Å². The fourth-order valence-electron chi connectivity index (χ4n) is 3.34. The van der Waals surface area contributed by atoms with Gasteiger partial charge in [-0.15, -0.1) is 0 Å². The number of rotatable bonds is 2. The largest absolute Gasteiger partial charge is 0.468 e. The molecule has 0 aromatic carbocycles. The van der Waals surface area contributed by atoms with Gasteiger partial charge in [-0.1, -0.05) is 0 Å². The second-order valence-electron chi connectivity index (χ2n) is 4.84. The zero-order valence-electron chi connectivity index (χ0n) is 9.43. The first kappa shape index (κ1) is 10.3. The Morgan fingerprint density at radius 2 is 2.50 bits per heavy atom. The van der Waals surface area contributed by atoms with Crippen molar-refractivity contribution in [3.8, 4) is 0 Å². The summed E-state index contributed by atoms with van der Waals surface area (Å²) < 4.78 is 5.49. The predicted octanol–water partition coefficient (Wildman–Crippen LogP) is 1.73. The minimum Gasteiger partial charge on any atom is -0.468 e. The monoisotopic (exact) mass is 223 g/mol. The van der Waals surface area contributed by atoms with Crippen molar-refractivity contribution < 1.29 is 14.4 Å². The van der Waals surface area contributed by atoms with Gasteiger partial charge in [0.25, 0.3) is 0 Å². The molecule has 1 aliphatic carbocycles. The Morgan fingerprint density at radius 3 is 3.19 bits per heavy atom. The second kappa shape index (κ2) is 3.58. The van der Waals surface area contributed by atoms with Crippen LogP contribution in [0.2, 0.25) is 0 Å². The van der Waals surface area contributed by atoms with Crippen molar-refractivity contribution >= 4 is 0 Å². The normalized spacial score (nSPS) is 39.1. The third-order valence-electron chi connectivity index (χ3n) is 4.06. The van der Waals surface area contributed by atoms with Crippen molar-refractivity contribution in [2.45, 2.75) is 31.4 Å². The average Bonchev–Trinajstić information content (AvgIpc) is 2.92. The Morgan fingerprint density at radius 1 is 1.62 bits per heavy atom. The summed E-state index contributed by atoms with van der Waals surface area (Å²) in [6.45, 7) is 0.160. The maximum absolute atomic E-state index is 9.77. The van der Waals surface area contributed by atoms with Gasteiger partial charge in [-0.2, -0.15) is 5.06 Å². The predicted molar refractivity (Wildman–Crippen MR) is 57.5 cm³/mol. The van der Waals surface area contributed by atoms with E-state index in [1.165, 1.54) is 0 Å². The summed E-state index contributed by atoms with van der Waals surface area (Å²) in [5, 5.41) is 11.6. The number of fused-ring (bicyclic) bond motifs is 1. The highest BCUT2D eigenvalue weighted by Crippen LogP contribution is 2.56. The zero-order valence-corrected chi connectivity index (χ0v) is 9.43. The van der Waals surface area contributed by atoms with Crippen LogP contribution in [0.1, 0.15) is 31.1 Å². The van der Waals surface area contributed by atoms with Gasteiger partial charge in [0, 0.05) is 12.5 Å². The lowest BCUT2D eigenvalue weighted by molar-refractivity contribution is -0.147. The molecule has 0 amide bonds. The van der Waals surface area contributed by atoms with Crippen LogP contribution in [0.25, 0.3) is 0 Å². The molecule has 0 bridgehead atoms. The molecule has 4 heteroatoms. The Labute approximate surface area is 94.8 Å². The zero-order chi connectivity index (χ0) is 11.2. The van der Waals surface area contributed by atoms with E-state index in [0.29, 0.717) is 0 Å². The van der Waals surface area contributed by atoms with E-state index in [2.05, 4.69) is 0 Å². The van der Waals surface area contributed by atoms with Gasteiger partial charge in [-0.05, 0) is 31.4 Å². The van der Waals surface area contributed by atoms with Crippen LogP contribution in [0.4, 0.5) is 0 Å². The first-order valence-corrected chi connectivity index (χ1v) is 5.82. The fraction of sp³-hybridized carbons (Fsp3) is 0.667. The van der Waals surface area contributed by atoms with Crippen LogP contribution in [0.5, 0.6) is 0 Å². The molecule has 3 rings (SSSR count). The Bertz CT molecular complexity index is 364. The number of furan rings is 1. The summed E-state index contributed by atoms with van der Waals surface area (Å²) in [5.41, 5.74) is -0.174. The number of hydrogen-bond donors (Lipinski definition) is 1. The summed E-state index contributed by atoms with van der Waals surface area (Å²) in [6.07, 6.45) is 4.97. The van der Waals surface area contributed by atoms with Crippen molar-refractivity contribution in [1.29, 1.82) is 0 Å². The highest BCUT2D eigenvalue weighted by molar-refractivity contribution is 5.15. The topological polar surface area (TPSA) is 45.8 Å². The molecular weight excluding hydrogens is 206 g/mol.